The van der Waals surface area contributed by atoms with Gasteiger partial charge in [0, 0.05) is 28.9 Å². The molecule has 0 atom stereocenters. The first-order valence-electron chi connectivity index (χ1n) is 4.96. The Morgan fingerprint density at radius 3 is 2.94 bits per heavy atom. The summed E-state index contributed by atoms with van der Waals surface area (Å²) in [5.74, 6) is -0.446. The predicted octanol–water partition coefficient (Wildman–Crippen LogP) is 1.65. The Balaban J connectivity index is 2.37. The zero-order chi connectivity index (χ0) is 13.1. The molecule has 2 aromatic rings. The summed E-state index contributed by atoms with van der Waals surface area (Å²) >= 11 is 1.13. The lowest BCUT2D eigenvalue weighted by molar-refractivity contribution is 0.385. The molecular weight excluding hydrogens is 257 g/mol. The minimum atomic E-state index is -0.533. The summed E-state index contributed by atoms with van der Waals surface area (Å²) in [6, 6.07) is 3.93. The lowest BCUT2D eigenvalue weighted by Crippen LogP contribution is -2.05. The second kappa shape index (κ2) is 5.09. The fraction of sp³-hybridized carbons (Fsp3) is 0.0909. The molecular formula is C11H10FN3O2S. The molecule has 3 N–H and O–H groups in total. The zero-order valence-electron chi connectivity index (χ0n) is 9.44. The van der Waals surface area contributed by atoms with Crippen LogP contribution in [0.5, 0.6) is 5.75 Å². The number of halogens is 1. The summed E-state index contributed by atoms with van der Waals surface area (Å²) in [5, 5.41) is 0.378. The second-order valence-electron chi connectivity index (χ2n) is 3.37. The van der Waals surface area contributed by atoms with Crippen molar-refractivity contribution in [1.29, 1.82) is 0 Å². The van der Waals surface area contributed by atoms with E-state index in [2.05, 4.69) is 9.97 Å². The lowest BCUT2D eigenvalue weighted by atomic mass is 10.3. The molecule has 0 saturated carbocycles. The molecule has 0 saturated heterocycles. The fourth-order valence-electron chi connectivity index (χ4n) is 1.30. The van der Waals surface area contributed by atoms with E-state index in [1.54, 1.807) is 0 Å². The largest absolute Gasteiger partial charge is 0.494 e. The van der Waals surface area contributed by atoms with Crippen LogP contribution >= 0.6 is 11.8 Å². The average molecular weight is 267 g/mol. The van der Waals surface area contributed by atoms with Crippen molar-refractivity contribution in [2.45, 2.75) is 10.1 Å². The van der Waals surface area contributed by atoms with E-state index in [0.717, 1.165) is 11.8 Å². The number of hydrogen-bond acceptors (Lipinski definition) is 5. The first kappa shape index (κ1) is 12.4. The van der Waals surface area contributed by atoms with Gasteiger partial charge in [-0.25, -0.2) is 9.37 Å². The maximum absolute atomic E-state index is 13.3. The van der Waals surface area contributed by atoms with E-state index in [1.165, 1.54) is 31.5 Å². The smallest absolute Gasteiger partial charge is 0.251 e. The summed E-state index contributed by atoms with van der Waals surface area (Å²) in [4.78, 5) is 18.2. The van der Waals surface area contributed by atoms with Gasteiger partial charge in [-0.05, 0) is 17.8 Å². The third-order valence-corrected chi connectivity index (χ3v) is 3.11. The van der Waals surface area contributed by atoms with Crippen LogP contribution in [0.25, 0.3) is 0 Å². The molecule has 18 heavy (non-hydrogen) atoms. The van der Waals surface area contributed by atoms with E-state index < -0.39 is 5.82 Å². The molecule has 0 radical (unpaired) electrons. The van der Waals surface area contributed by atoms with E-state index in [4.69, 9.17) is 10.5 Å². The van der Waals surface area contributed by atoms with Crippen LogP contribution < -0.4 is 16.0 Å². The first-order chi connectivity index (χ1) is 8.60. The number of methoxy groups -OCH3 is 1. The van der Waals surface area contributed by atoms with Crippen molar-refractivity contribution < 1.29 is 9.13 Å². The van der Waals surface area contributed by atoms with Gasteiger partial charge in [0.1, 0.15) is 0 Å². The van der Waals surface area contributed by atoms with Crippen LogP contribution in [0.2, 0.25) is 0 Å². The van der Waals surface area contributed by atoms with E-state index >= 15 is 0 Å². The van der Waals surface area contributed by atoms with Crippen LogP contribution in [0.4, 0.5) is 10.1 Å². The maximum Gasteiger partial charge on any atom is 0.251 e. The number of nitrogen functional groups attached to an aromatic ring is 1. The summed E-state index contributed by atoms with van der Waals surface area (Å²) in [6.07, 6.45) is 1.39. The standard InChI is InChI=1S/C11H10FN3O2S/c1-17-8-5-9(7(13)4-6(8)12)18-11-14-3-2-10(16)15-11/h2-5H,13H2,1H3,(H,14,15,16). The van der Waals surface area contributed by atoms with Gasteiger partial charge in [0.15, 0.2) is 16.7 Å². The lowest BCUT2D eigenvalue weighted by Gasteiger charge is -2.08. The molecule has 1 aromatic heterocycles. The fourth-order valence-corrected chi connectivity index (χ4v) is 2.12. The number of aromatic nitrogens is 2. The Bertz CT molecular complexity index is 630. The van der Waals surface area contributed by atoms with Crippen molar-refractivity contribution >= 4 is 17.4 Å². The van der Waals surface area contributed by atoms with E-state index in [0.29, 0.717) is 10.1 Å². The Hall–Kier alpha value is -2.02. The number of anilines is 1. The highest BCUT2D eigenvalue weighted by molar-refractivity contribution is 7.99. The monoisotopic (exact) mass is 267 g/mol. The van der Waals surface area contributed by atoms with Gasteiger partial charge in [0.05, 0.1) is 7.11 Å². The Morgan fingerprint density at radius 2 is 2.28 bits per heavy atom. The summed E-state index contributed by atoms with van der Waals surface area (Å²) in [6.45, 7) is 0. The van der Waals surface area contributed by atoms with Gasteiger partial charge in [-0.15, -0.1) is 0 Å². The van der Waals surface area contributed by atoms with E-state index in [9.17, 15) is 9.18 Å². The van der Waals surface area contributed by atoms with E-state index in [1.807, 2.05) is 0 Å². The Kier molecular flexibility index (Phi) is 3.52. The summed E-state index contributed by atoms with van der Waals surface area (Å²) in [7, 11) is 1.37. The third kappa shape index (κ3) is 2.62. The third-order valence-electron chi connectivity index (χ3n) is 2.14. The van der Waals surface area contributed by atoms with Gasteiger partial charge in [-0.1, -0.05) is 0 Å². The number of aromatic amines is 1. The van der Waals surface area contributed by atoms with Crippen molar-refractivity contribution in [1.82, 2.24) is 9.97 Å². The molecule has 0 bridgehead atoms. The predicted molar refractivity (Wildman–Crippen MR) is 66.3 cm³/mol. The molecule has 94 valence electrons. The topological polar surface area (TPSA) is 81.0 Å². The van der Waals surface area contributed by atoms with Crippen LogP contribution in [-0.4, -0.2) is 17.1 Å². The number of nitrogens with two attached hydrogens (primary N) is 1. The molecule has 0 aliphatic carbocycles. The molecule has 5 nitrogen and oxygen atoms in total. The van der Waals surface area contributed by atoms with Crippen molar-refractivity contribution in [2.24, 2.45) is 0 Å². The van der Waals surface area contributed by atoms with Crippen LogP contribution in [0.15, 0.2) is 39.2 Å². The van der Waals surface area contributed by atoms with Gasteiger partial charge >= 0.3 is 0 Å². The highest BCUT2D eigenvalue weighted by Crippen LogP contribution is 2.34. The molecule has 1 heterocycles. The average Bonchev–Trinajstić information content (AvgIpc) is 2.33. The Morgan fingerprint density at radius 1 is 1.50 bits per heavy atom. The van der Waals surface area contributed by atoms with Crippen molar-refractivity contribution in [2.75, 3.05) is 12.8 Å². The van der Waals surface area contributed by atoms with Crippen molar-refractivity contribution in [3.8, 4) is 5.75 Å². The highest BCUT2D eigenvalue weighted by atomic mass is 32.2. The minimum absolute atomic E-state index is 0.0879. The highest BCUT2D eigenvalue weighted by Gasteiger charge is 2.10. The van der Waals surface area contributed by atoms with Crippen LogP contribution in [-0.2, 0) is 0 Å². The summed E-state index contributed by atoms with van der Waals surface area (Å²) in [5.41, 5.74) is 5.69. The van der Waals surface area contributed by atoms with Gasteiger partial charge in [-0.2, -0.15) is 0 Å². The van der Waals surface area contributed by atoms with Crippen molar-refractivity contribution in [3.63, 3.8) is 0 Å². The molecule has 0 aliphatic heterocycles. The number of nitrogens with zero attached hydrogens (tertiary/aromatic N) is 1. The SMILES string of the molecule is COc1cc(Sc2nccc(=O)[nH]2)c(N)cc1F. The summed E-state index contributed by atoms with van der Waals surface area (Å²) < 4.78 is 18.2. The second-order valence-corrected chi connectivity index (χ2v) is 4.40. The number of rotatable bonds is 3. The number of nitrogens with one attached hydrogen (secondary N) is 1. The molecule has 0 spiro atoms. The minimum Gasteiger partial charge on any atom is -0.494 e. The van der Waals surface area contributed by atoms with Gasteiger partial charge in [0.25, 0.3) is 5.56 Å². The number of H-pyrrole nitrogens is 1. The number of benzene rings is 1. The van der Waals surface area contributed by atoms with E-state index in [-0.39, 0.29) is 17.0 Å². The quantitative estimate of drug-likeness (QED) is 0.653. The van der Waals surface area contributed by atoms with Crippen LogP contribution in [0, 0.1) is 5.82 Å². The van der Waals surface area contributed by atoms with Gasteiger partial charge in [-0.3, -0.25) is 4.79 Å². The van der Waals surface area contributed by atoms with Gasteiger partial charge < -0.3 is 15.5 Å². The molecule has 1 aromatic carbocycles. The normalized spacial score (nSPS) is 10.3. The Labute approximate surface area is 106 Å². The van der Waals surface area contributed by atoms with Crippen LogP contribution in [0.3, 0.4) is 0 Å². The number of ether oxygens (including phenoxy) is 1. The molecule has 0 fully saturated rings. The molecule has 0 unspecified atom stereocenters. The van der Waals surface area contributed by atoms with Crippen LogP contribution in [0.1, 0.15) is 0 Å². The maximum atomic E-state index is 13.3. The van der Waals surface area contributed by atoms with Gasteiger partial charge in [0.2, 0.25) is 0 Å². The molecule has 2 rings (SSSR count). The van der Waals surface area contributed by atoms with Crippen molar-refractivity contribution in [3.05, 3.63) is 40.6 Å². The first-order valence-corrected chi connectivity index (χ1v) is 5.78. The molecule has 0 amide bonds. The molecule has 7 heteroatoms. The molecule has 0 aliphatic rings. The zero-order valence-corrected chi connectivity index (χ0v) is 10.3. The number of hydrogen-bond donors (Lipinski definition) is 2.